The molecular formula is C26H21NO4. The molecule has 4 aromatic carbocycles. The number of esters is 1. The van der Waals surface area contributed by atoms with E-state index in [1.807, 2.05) is 66.7 Å². The average molecular weight is 411 g/mol. The van der Waals surface area contributed by atoms with Gasteiger partial charge in [-0.1, -0.05) is 66.7 Å². The first kappa shape index (κ1) is 20.2. The Morgan fingerprint density at radius 1 is 0.742 bits per heavy atom. The van der Waals surface area contributed by atoms with Gasteiger partial charge in [-0.25, -0.2) is 4.79 Å². The lowest BCUT2D eigenvalue weighted by molar-refractivity contribution is -0.136. The molecule has 0 aliphatic heterocycles. The highest BCUT2D eigenvalue weighted by Crippen LogP contribution is 2.28. The number of nitrogens with one attached hydrogen (secondary N) is 1. The maximum absolute atomic E-state index is 12.5. The van der Waals surface area contributed by atoms with Crippen LogP contribution in [0, 0.1) is 0 Å². The Balaban J connectivity index is 1.52. The number of hydrogen-bond acceptors (Lipinski definition) is 4. The summed E-state index contributed by atoms with van der Waals surface area (Å²) in [6.07, 6.45) is 0. The Morgan fingerprint density at radius 2 is 1.42 bits per heavy atom. The van der Waals surface area contributed by atoms with Crippen LogP contribution in [0.3, 0.4) is 0 Å². The van der Waals surface area contributed by atoms with Crippen molar-refractivity contribution in [2.75, 3.05) is 6.61 Å². The van der Waals surface area contributed by atoms with Crippen molar-refractivity contribution in [1.29, 1.82) is 0 Å². The minimum atomic E-state index is -0.519. The Morgan fingerprint density at radius 3 is 2.19 bits per heavy atom. The third kappa shape index (κ3) is 5.08. The maximum atomic E-state index is 12.5. The van der Waals surface area contributed by atoms with Crippen molar-refractivity contribution in [2.45, 2.75) is 6.54 Å². The molecule has 0 spiro atoms. The molecule has 0 saturated heterocycles. The number of fused-ring (bicyclic) bond motifs is 1. The van der Waals surface area contributed by atoms with E-state index >= 15 is 0 Å². The van der Waals surface area contributed by atoms with Gasteiger partial charge in [-0.3, -0.25) is 4.79 Å². The van der Waals surface area contributed by atoms with Crippen LogP contribution in [-0.4, -0.2) is 18.5 Å². The number of rotatable bonds is 7. The highest BCUT2D eigenvalue weighted by atomic mass is 16.6. The van der Waals surface area contributed by atoms with Crippen LogP contribution in [0.15, 0.2) is 97.1 Å². The van der Waals surface area contributed by atoms with Gasteiger partial charge in [-0.2, -0.15) is 0 Å². The van der Waals surface area contributed by atoms with Crippen molar-refractivity contribution in [3.8, 4) is 11.5 Å². The van der Waals surface area contributed by atoms with Crippen molar-refractivity contribution in [1.82, 2.24) is 5.32 Å². The molecule has 154 valence electrons. The Hall–Kier alpha value is -4.12. The van der Waals surface area contributed by atoms with Crippen LogP contribution in [0.1, 0.15) is 15.9 Å². The molecule has 0 radical (unpaired) electrons. The number of carbonyl (C=O) groups excluding carboxylic acids is 2. The summed E-state index contributed by atoms with van der Waals surface area (Å²) in [4.78, 5) is 24.9. The van der Waals surface area contributed by atoms with Crippen molar-refractivity contribution in [2.24, 2.45) is 0 Å². The Kier molecular flexibility index (Phi) is 6.24. The first-order valence-corrected chi connectivity index (χ1v) is 9.93. The fourth-order valence-corrected chi connectivity index (χ4v) is 3.27. The van der Waals surface area contributed by atoms with E-state index in [9.17, 15) is 9.59 Å². The molecule has 0 unspecified atom stereocenters. The van der Waals surface area contributed by atoms with Crippen molar-refractivity contribution in [3.05, 3.63) is 108 Å². The fourth-order valence-electron chi connectivity index (χ4n) is 3.27. The van der Waals surface area contributed by atoms with Gasteiger partial charge in [0.25, 0.3) is 5.91 Å². The van der Waals surface area contributed by atoms with Crippen LogP contribution in [0.4, 0.5) is 0 Å². The number of amides is 1. The first-order valence-electron chi connectivity index (χ1n) is 9.93. The number of ether oxygens (including phenoxy) is 2. The first-order chi connectivity index (χ1) is 15.2. The summed E-state index contributed by atoms with van der Waals surface area (Å²) in [5.74, 6) is 0.273. The van der Waals surface area contributed by atoms with E-state index in [1.54, 1.807) is 30.3 Å². The zero-order valence-electron chi connectivity index (χ0n) is 16.8. The molecule has 0 saturated carbocycles. The number of benzene rings is 4. The SMILES string of the molecule is O=C(COc1ccccc1)Oc1ccc2ccccc2c1CNC(=O)c1ccccc1. The van der Waals surface area contributed by atoms with Crippen LogP contribution in [0.2, 0.25) is 0 Å². The normalized spacial score (nSPS) is 10.5. The minimum absolute atomic E-state index is 0.196. The van der Waals surface area contributed by atoms with E-state index in [2.05, 4.69) is 5.32 Å². The second kappa shape index (κ2) is 9.59. The lowest BCUT2D eigenvalue weighted by Gasteiger charge is -2.14. The summed E-state index contributed by atoms with van der Waals surface area (Å²) < 4.78 is 11.1. The van der Waals surface area contributed by atoms with E-state index in [0.29, 0.717) is 17.1 Å². The Labute approximate surface area is 180 Å². The molecule has 31 heavy (non-hydrogen) atoms. The molecule has 4 rings (SSSR count). The van der Waals surface area contributed by atoms with Gasteiger partial charge in [-0.15, -0.1) is 0 Å². The van der Waals surface area contributed by atoms with Crippen molar-refractivity contribution < 1.29 is 19.1 Å². The lowest BCUT2D eigenvalue weighted by Crippen LogP contribution is -2.24. The van der Waals surface area contributed by atoms with Crippen LogP contribution in [0.5, 0.6) is 11.5 Å². The van der Waals surface area contributed by atoms with Crippen LogP contribution in [-0.2, 0) is 11.3 Å². The molecule has 0 fully saturated rings. The molecular weight excluding hydrogens is 390 g/mol. The summed E-state index contributed by atoms with van der Waals surface area (Å²) >= 11 is 0. The smallest absolute Gasteiger partial charge is 0.349 e. The summed E-state index contributed by atoms with van der Waals surface area (Å²) in [5.41, 5.74) is 1.30. The van der Waals surface area contributed by atoms with Crippen molar-refractivity contribution in [3.63, 3.8) is 0 Å². The highest BCUT2D eigenvalue weighted by molar-refractivity contribution is 5.95. The molecule has 0 aliphatic carbocycles. The lowest BCUT2D eigenvalue weighted by atomic mass is 10.0. The summed E-state index contributed by atoms with van der Waals surface area (Å²) in [6, 6.07) is 29.5. The molecule has 0 bridgehead atoms. The number of para-hydroxylation sites is 1. The minimum Gasteiger partial charge on any atom is -0.482 e. The predicted molar refractivity (Wildman–Crippen MR) is 119 cm³/mol. The molecule has 5 nitrogen and oxygen atoms in total. The molecule has 0 atom stereocenters. The van der Waals surface area contributed by atoms with E-state index in [-0.39, 0.29) is 19.1 Å². The van der Waals surface area contributed by atoms with Crippen LogP contribution < -0.4 is 14.8 Å². The molecule has 1 N–H and O–H groups in total. The van der Waals surface area contributed by atoms with E-state index in [4.69, 9.17) is 9.47 Å². The third-order valence-electron chi connectivity index (χ3n) is 4.78. The van der Waals surface area contributed by atoms with Gasteiger partial charge in [0.1, 0.15) is 11.5 Å². The standard InChI is InChI=1S/C26H21NO4/c28-25(18-30-21-12-5-2-6-13-21)31-24-16-15-19-9-7-8-14-22(19)23(24)17-27-26(29)20-10-3-1-4-11-20/h1-16H,17-18H2,(H,27,29). The van der Waals surface area contributed by atoms with E-state index in [0.717, 1.165) is 16.3 Å². The van der Waals surface area contributed by atoms with Gasteiger partial charge >= 0.3 is 5.97 Å². The molecule has 0 heterocycles. The number of carbonyl (C=O) groups is 2. The molecule has 5 heteroatoms. The molecule has 1 amide bonds. The summed E-state index contributed by atoms with van der Waals surface area (Å²) in [7, 11) is 0. The largest absolute Gasteiger partial charge is 0.482 e. The van der Waals surface area contributed by atoms with Gasteiger partial charge in [0, 0.05) is 17.7 Å². The second-order valence-electron chi connectivity index (χ2n) is 6.89. The average Bonchev–Trinajstić information content (AvgIpc) is 2.83. The van der Waals surface area contributed by atoms with Crippen LogP contribution in [0.25, 0.3) is 10.8 Å². The summed E-state index contributed by atoms with van der Waals surface area (Å²) in [5, 5.41) is 4.82. The van der Waals surface area contributed by atoms with Crippen molar-refractivity contribution >= 4 is 22.6 Å². The summed E-state index contributed by atoms with van der Waals surface area (Å²) in [6.45, 7) is 0.00386. The van der Waals surface area contributed by atoms with E-state index in [1.165, 1.54) is 0 Å². The van der Waals surface area contributed by atoms with Gasteiger partial charge in [0.15, 0.2) is 6.61 Å². The topological polar surface area (TPSA) is 64.6 Å². The predicted octanol–water partition coefficient (Wildman–Crippen LogP) is 4.75. The zero-order chi connectivity index (χ0) is 21.5. The number of hydrogen-bond donors (Lipinski definition) is 1. The molecule has 4 aromatic rings. The highest BCUT2D eigenvalue weighted by Gasteiger charge is 2.15. The van der Waals surface area contributed by atoms with Gasteiger partial charge < -0.3 is 14.8 Å². The van der Waals surface area contributed by atoms with E-state index < -0.39 is 5.97 Å². The zero-order valence-corrected chi connectivity index (χ0v) is 16.8. The third-order valence-corrected chi connectivity index (χ3v) is 4.78. The van der Waals surface area contributed by atoms with Crippen LogP contribution >= 0.6 is 0 Å². The fraction of sp³-hybridized carbons (Fsp3) is 0.0769. The molecule has 0 aromatic heterocycles. The maximum Gasteiger partial charge on any atom is 0.349 e. The second-order valence-corrected chi connectivity index (χ2v) is 6.89. The van der Waals surface area contributed by atoms with Gasteiger partial charge in [0.2, 0.25) is 0 Å². The van der Waals surface area contributed by atoms with Gasteiger partial charge in [0.05, 0.1) is 0 Å². The monoisotopic (exact) mass is 411 g/mol. The van der Waals surface area contributed by atoms with Gasteiger partial charge in [-0.05, 0) is 41.1 Å². The Bertz CT molecular complexity index is 1190. The molecule has 0 aliphatic rings. The quantitative estimate of drug-likeness (QED) is 0.352.